The molecule has 0 amide bonds. The van der Waals surface area contributed by atoms with E-state index in [1.54, 1.807) is 6.07 Å². The zero-order chi connectivity index (χ0) is 19.0. The van der Waals surface area contributed by atoms with Crippen molar-refractivity contribution in [3.8, 4) is 28.6 Å². The molecular weight excluding hydrogens is 479 g/mol. The number of methoxy groups -OCH3 is 1. The van der Waals surface area contributed by atoms with E-state index in [9.17, 15) is 5.11 Å². The minimum Gasteiger partial charge on any atom is -0.504 e. The quantitative estimate of drug-likeness (QED) is 0.416. The lowest BCUT2D eigenvalue weighted by molar-refractivity contribution is 0.224. The van der Waals surface area contributed by atoms with Gasteiger partial charge in [0.25, 0.3) is 0 Å². The second-order valence-corrected chi connectivity index (χ2v) is 7.63. The zero-order valence-corrected chi connectivity index (χ0v) is 17.4. The van der Waals surface area contributed by atoms with Crippen molar-refractivity contribution in [3.05, 3.63) is 45.5 Å². The van der Waals surface area contributed by atoms with Crippen LogP contribution in [-0.4, -0.2) is 33.7 Å². The highest BCUT2D eigenvalue weighted by Crippen LogP contribution is 2.41. The van der Waals surface area contributed by atoms with E-state index < -0.39 is 6.23 Å². The van der Waals surface area contributed by atoms with Crippen LogP contribution in [0.5, 0.6) is 17.4 Å². The Morgan fingerprint density at radius 1 is 1.26 bits per heavy atom. The molecule has 3 aromatic rings. The topological polar surface area (TPSA) is 89.4 Å². The van der Waals surface area contributed by atoms with E-state index in [1.165, 1.54) is 18.9 Å². The molecule has 0 spiro atoms. The Bertz CT molecular complexity index is 1020. The van der Waals surface area contributed by atoms with E-state index in [2.05, 4.69) is 43.1 Å². The number of benzene rings is 2. The summed E-state index contributed by atoms with van der Waals surface area (Å²) in [5.41, 5.74) is 3.10. The van der Waals surface area contributed by atoms with E-state index in [0.29, 0.717) is 26.1 Å². The summed E-state index contributed by atoms with van der Waals surface area (Å²) in [6, 6.07) is 11.4. The smallest absolute Gasteiger partial charge is 0.247 e. The molecule has 9 heteroatoms. The van der Waals surface area contributed by atoms with Crippen molar-refractivity contribution in [3.63, 3.8) is 0 Å². The number of hydrogen-bond donors (Lipinski definition) is 2. The van der Waals surface area contributed by atoms with Crippen LogP contribution in [0.2, 0.25) is 0 Å². The summed E-state index contributed by atoms with van der Waals surface area (Å²) in [4.78, 5) is 4.49. The molecule has 2 N–H and O–H groups in total. The van der Waals surface area contributed by atoms with Crippen LogP contribution in [0.15, 0.2) is 41.6 Å². The van der Waals surface area contributed by atoms with E-state index in [-0.39, 0.29) is 5.75 Å². The molecule has 1 aliphatic rings. The van der Waals surface area contributed by atoms with Crippen LogP contribution in [0.25, 0.3) is 11.3 Å². The van der Waals surface area contributed by atoms with Gasteiger partial charge in [0.2, 0.25) is 11.0 Å². The predicted molar refractivity (Wildman–Crippen MR) is 111 cm³/mol. The molecular formula is C18H15IN4O3S. The van der Waals surface area contributed by atoms with Crippen molar-refractivity contribution in [2.24, 2.45) is 0 Å². The van der Waals surface area contributed by atoms with Crippen molar-refractivity contribution in [1.29, 1.82) is 0 Å². The average Bonchev–Trinajstić information content (AvgIpc) is 2.86. The third-order valence-corrected chi connectivity index (χ3v) is 5.45. The van der Waals surface area contributed by atoms with Crippen molar-refractivity contribution in [2.45, 2.75) is 11.4 Å². The van der Waals surface area contributed by atoms with E-state index in [4.69, 9.17) is 9.47 Å². The number of nitrogens with one attached hydrogen (secondary N) is 1. The molecule has 2 aromatic carbocycles. The second kappa shape index (κ2) is 7.39. The normalized spacial score (nSPS) is 15.0. The van der Waals surface area contributed by atoms with Gasteiger partial charge >= 0.3 is 0 Å². The third-order valence-electron chi connectivity index (χ3n) is 4.09. The first-order chi connectivity index (χ1) is 13.1. The van der Waals surface area contributed by atoms with Gasteiger partial charge in [-0.15, -0.1) is 10.2 Å². The SMILES string of the molecule is COc1cc([C@H]2Nc3ccccc3-c3nnc(SC)nc3O2)cc(I)c1O. The fraction of sp³-hybridized carbons (Fsp3) is 0.167. The van der Waals surface area contributed by atoms with E-state index >= 15 is 0 Å². The lowest BCUT2D eigenvalue weighted by Gasteiger charge is -2.20. The first kappa shape index (κ1) is 18.1. The number of aromatic hydroxyl groups is 1. The van der Waals surface area contributed by atoms with Crippen LogP contribution in [0.3, 0.4) is 0 Å². The van der Waals surface area contributed by atoms with Gasteiger partial charge in [-0.05, 0) is 47.0 Å². The van der Waals surface area contributed by atoms with Crippen LogP contribution >= 0.6 is 34.4 Å². The lowest BCUT2D eigenvalue weighted by Crippen LogP contribution is -2.17. The number of rotatable bonds is 3. The standard InChI is InChI=1S/C18H15IN4O3S/c1-25-13-8-9(7-11(19)15(13)24)16-20-12-6-4-3-5-10(12)14-17(26-16)21-18(27-2)23-22-14/h3-8,16,20,24H,1-2H3/t16-/m0/s1. The summed E-state index contributed by atoms with van der Waals surface area (Å²) in [6.07, 6.45) is 1.35. The molecule has 0 unspecified atom stereocenters. The minimum atomic E-state index is -0.540. The fourth-order valence-corrected chi connectivity index (χ4v) is 3.71. The van der Waals surface area contributed by atoms with Crippen LogP contribution in [0.4, 0.5) is 5.69 Å². The van der Waals surface area contributed by atoms with Crippen LogP contribution in [0, 0.1) is 3.57 Å². The molecule has 0 saturated carbocycles. The van der Waals surface area contributed by atoms with Crippen LogP contribution < -0.4 is 14.8 Å². The lowest BCUT2D eigenvalue weighted by atomic mass is 10.1. The Morgan fingerprint density at radius 2 is 2.07 bits per heavy atom. The molecule has 0 radical (unpaired) electrons. The number of hydrogen-bond acceptors (Lipinski definition) is 8. The number of nitrogens with zero attached hydrogens (tertiary/aromatic N) is 3. The van der Waals surface area contributed by atoms with Gasteiger partial charge in [-0.1, -0.05) is 30.0 Å². The maximum absolute atomic E-state index is 10.1. The van der Waals surface area contributed by atoms with Gasteiger partial charge in [0.05, 0.1) is 10.7 Å². The van der Waals surface area contributed by atoms with E-state index in [1.807, 2.05) is 36.6 Å². The van der Waals surface area contributed by atoms with Crippen molar-refractivity contribution in [1.82, 2.24) is 15.2 Å². The number of phenols is 1. The highest BCUT2D eigenvalue weighted by Gasteiger charge is 2.27. The molecule has 1 aliphatic heterocycles. The molecule has 1 atom stereocenters. The summed E-state index contributed by atoms with van der Waals surface area (Å²) in [5, 5.41) is 22.5. The molecule has 0 aliphatic carbocycles. The van der Waals surface area contributed by atoms with Crippen molar-refractivity contribution >= 4 is 40.0 Å². The Balaban J connectivity index is 1.86. The maximum Gasteiger partial charge on any atom is 0.247 e. The molecule has 7 nitrogen and oxygen atoms in total. The molecule has 138 valence electrons. The monoisotopic (exact) mass is 494 g/mol. The molecule has 0 fully saturated rings. The molecule has 0 bridgehead atoms. The highest BCUT2D eigenvalue weighted by molar-refractivity contribution is 14.1. The predicted octanol–water partition coefficient (Wildman–Crippen LogP) is 4.08. The summed E-state index contributed by atoms with van der Waals surface area (Å²) in [6.45, 7) is 0. The zero-order valence-electron chi connectivity index (χ0n) is 14.4. The number of anilines is 1. The minimum absolute atomic E-state index is 0.102. The molecule has 0 saturated heterocycles. The van der Waals surface area contributed by atoms with Gasteiger partial charge in [0.15, 0.2) is 23.4 Å². The third kappa shape index (κ3) is 3.36. The van der Waals surface area contributed by atoms with Gasteiger partial charge in [0.1, 0.15) is 0 Å². The van der Waals surface area contributed by atoms with Gasteiger partial charge in [-0.25, -0.2) is 0 Å². The highest BCUT2D eigenvalue weighted by atomic mass is 127. The number of halogens is 1. The largest absolute Gasteiger partial charge is 0.504 e. The number of ether oxygens (including phenoxy) is 2. The Hall–Kier alpha value is -2.27. The Morgan fingerprint density at radius 3 is 2.85 bits per heavy atom. The molecule has 1 aromatic heterocycles. The summed E-state index contributed by atoms with van der Waals surface area (Å²) in [5.74, 6) is 0.884. The first-order valence-electron chi connectivity index (χ1n) is 7.98. The number of phenolic OH excluding ortho intramolecular Hbond substituents is 1. The molecule has 2 heterocycles. The van der Waals surface area contributed by atoms with Gasteiger partial charge in [-0.2, -0.15) is 4.98 Å². The Kier molecular flexibility index (Phi) is 4.96. The second-order valence-electron chi connectivity index (χ2n) is 5.69. The van der Waals surface area contributed by atoms with Crippen molar-refractivity contribution < 1.29 is 14.6 Å². The summed E-state index contributed by atoms with van der Waals surface area (Å²) < 4.78 is 12.1. The van der Waals surface area contributed by atoms with Gasteiger partial charge < -0.3 is 19.9 Å². The Labute approximate surface area is 173 Å². The fourth-order valence-electron chi connectivity index (χ4n) is 2.79. The van der Waals surface area contributed by atoms with Gasteiger partial charge in [-0.3, -0.25) is 0 Å². The molecule has 4 rings (SSSR count). The first-order valence-corrected chi connectivity index (χ1v) is 10.3. The maximum atomic E-state index is 10.1. The molecule has 27 heavy (non-hydrogen) atoms. The van der Waals surface area contributed by atoms with Gasteiger partial charge in [0, 0.05) is 16.8 Å². The van der Waals surface area contributed by atoms with Crippen LogP contribution in [-0.2, 0) is 0 Å². The number of fused-ring (bicyclic) bond motifs is 3. The average molecular weight is 494 g/mol. The number of para-hydroxylation sites is 1. The van der Waals surface area contributed by atoms with E-state index in [0.717, 1.165) is 16.8 Å². The summed E-state index contributed by atoms with van der Waals surface area (Å²) >= 11 is 3.46. The van der Waals surface area contributed by atoms with Crippen LogP contribution in [0.1, 0.15) is 11.8 Å². The summed E-state index contributed by atoms with van der Waals surface area (Å²) in [7, 11) is 1.52. The number of aromatic nitrogens is 3. The number of thioether (sulfide) groups is 1. The van der Waals surface area contributed by atoms with Crippen molar-refractivity contribution in [2.75, 3.05) is 18.7 Å².